The smallest absolute Gasteiger partial charge is 0.181 e. The fourth-order valence-corrected chi connectivity index (χ4v) is 2.93. The van der Waals surface area contributed by atoms with Crippen LogP contribution in [0.3, 0.4) is 0 Å². The molecule has 4 nitrogen and oxygen atoms in total. The van der Waals surface area contributed by atoms with Gasteiger partial charge in [-0.05, 0) is 37.5 Å². The highest BCUT2D eigenvalue weighted by atomic mass is 16.5. The molecule has 1 saturated carbocycles. The van der Waals surface area contributed by atoms with E-state index in [1.165, 1.54) is 12.0 Å². The zero-order valence-corrected chi connectivity index (χ0v) is 12.8. The molecular weight excluding hydrogens is 264 g/mol. The summed E-state index contributed by atoms with van der Waals surface area (Å²) in [5.74, 6) is 0.717. The fourth-order valence-electron chi connectivity index (χ4n) is 2.93. The maximum absolute atomic E-state index is 9.55. The second-order valence-corrected chi connectivity index (χ2v) is 6.17. The quantitative estimate of drug-likeness (QED) is 0.844. The number of aliphatic hydroxyl groups is 1. The Kier molecular flexibility index (Phi) is 5.22. The third-order valence-electron chi connectivity index (χ3n) is 4.41. The molecule has 1 aromatic carbocycles. The van der Waals surface area contributed by atoms with Crippen molar-refractivity contribution >= 4 is 0 Å². The monoisotopic (exact) mass is 288 g/mol. The van der Waals surface area contributed by atoms with Crippen molar-refractivity contribution in [2.75, 3.05) is 6.61 Å². The Morgan fingerprint density at radius 1 is 1.48 bits per heavy atom. The van der Waals surface area contributed by atoms with Crippen LogP contribution in [0.25, 0.3) is 0 Å². The number of ether oxygens (including phenoxy) is 1. The summed E-state index contributed by atoms with van der Waals surface area (Å²) in [6.45, 7) is 4.90. The number of nitriles is 1. The largest absolute Gasteiger partial charge is 0.476 e. The van der Waals surface area contributed by atoms with Crippen LogP contribution in [-0.4, -0.2) is 23.9 Å². The lowest BCUT2D eigenvalue weighted by Crippen LogP contribution is -2.41. The Labute approximate surface area is 126 Å². The lowest BCUT2D eigenvalue weighted by molar-refractivity contribution is 0.118. The number of hydrogen-bond donors (Lipinski definition) is 2. The van der Waals surface area contributed by atoms with Crippen molar-refractivity contribution < 1.29 is 9.84 Å². The van der Waals surface area contributed by atoms with E-state index < -0.39 is 6.10 Å². The van der Waals surface area contributed by atoms with E-state index in [0.29, 0.717) is 11.8 Å². The maximum Gasteiger partial charge on any atom is 0.181 e. The molecule has 4 heteroatoms. The van der Waals surface area contributed by atoms with Crippen molar-refractivity contribution in [3.63, 3.8) is 0 Å². The first-order valence-electron chi connectivity index (χ1n) is 7.57. The summed E-state index contributed by atoms with van der Waals surface area (Å²) in [4.78, 5) is 0. The van der Waals surface area contributed by atoms with Crippen molar-refractivity contribution in [3.8, 4) is 11.8 Å². The number of rotatable bonds is 6. The van der Waals surface area contributed by atoms with Gasteiger partial charge in [-0.3, -0.25) is 0 Å². The van der Waals surface area contributed by atoms with Crippen molar-refractivity contribution in [1.29, 1.82) is 5.26 Å². The molecule has 0 heterocycles. The predicted molar refractivity (Wildman–Crippen MR) is 81.8 cm³/mol. The van der Waals surface area contributed by atoms with Crippen LogP contribution in [-0.2, 0) is 6.54 Å². The third-order valence-corrected chi connectivity index (χ3v) is 4.41. The normalized spacial score (nSPS) is 26.3. The highest BCUT2D eigenvalue weighted by molar-refractivity contribution is 5.27. The first kappa shape index (κ1) is 15.8. The Morgan fingerprint density at radius 3 is 2.81 bits per heavy atom. The fraction of sp³-hybridized carbons (Fsp3) is 0.588. The number of nitrogens with one attached hydrogen (secondary N) is 1. The summed E-state index contributed by atoms with van der Waals surface area (Å²) < 4.78 is 5.43. The van der Waals surface area contributed by atoms with Gasteiger partial charge in [-0.2, -0.15) is 5.26 Å². The van der Waals surface area contributed by atoms with Gasteiger partial charge in [0, 0.05) is 24.6 Å². The second kappa shape index (κ2) is 6.93. The molecule has 0 amide bonds. The van der Waals surface area contributed by atoms with Crippen LogP contribution in [0.15, 0.2) is 24.3 Å². The Morgan fingerprint density at radius 2 is 2.19 bits per heavy atom. The van der Waals surface area contributed by atoms with Crippen LogP contribution in [0, 0.1) is 16.7 Å². The van der Waals surface area contributed by atoms with Gasteiger partial charge in [-0.1, -0.05) is 25.5 Å². The van der Waals surface area contributed by atoms with Gasteiger partial charge in [0.25, 0.3) is 0 Å². The minimum atomic E-state index is -0.433. The molecule has 21 heavy (non-hydrogen) atoms. The van der Waals surface area contributed by atoms with E-state index in [-0.39, 0.29) is 12.0 Å². The third kappa shape index (κ3) is 3.96. The van der Waals surface area contributed by atoms with Crippen LogP contribution >= 0.6 is 0 Å². The SMILES string of the molecule is CC(C#N)Oc1ccc(CNC2CCCC2(C)CO)cc1. The van der Waals surface area contributed by atoms with E-state index in [1.807, 2.05) is 30.3 Å². The predicted octanol–water partition coefficient (Wildman–Crippen LogP) is 2.62. The molecule has 1 aliphatic carbocycles. The Hall–Kier alpha value is -1.57. The number of benzene rings is 1. The molecule has 0 aromatic heterocycles. The zero-order valence-electron chi connectivity index (χ0n) is 12.8. The van der Waals surface area contributed by atoms with E-state index in [2.05, 4.69) is 12.2 Å². The number of aliphatic hydroxyl groups excluding tert-OH is 1. The summed E-state index contributed by atoms with van der Waals surface area (Å²) in [6, 6.07) is 10.2. The van der Waals surface area contributed by atoms with Gasteiger partial charge in [0.05, 0.1) is 0 Å². The molecule has 0 saturated heterocycles. The summed E-state index contributed by atoms with van der Waals surface area (Å²) >= 11 is 0. The van der Waals surface area contributed by atoms with E-state index in [4.69, 9.17) is 10.00 Å². The molecule has 2 rings (SSSR count). The molecule has 3 unspecified atom stereocenters. The van der Waals surface area contributed by atoms with Gasteiger partial charge in [-0.15, -0.1) is 0 Å². The standard InChI is InChI=1S/C17H24N2O2/c1-13(10-18)21-15-7-5-14(6-8-15)11-19-16-4-3-9-17(16,2)12-20/h5-8,13,16,19-20H,3-4,9,11-12H2,1-2H3. The molecule has 114 valence electrons. The van der Waals surface area contributed by atoms with E-state index in [9.17, 15) is 5.11 Å². The van der Waals surface area contributed by atoms with Crippen molar-refractivity contribution in [3.05, 3.63) is 29.8 Å². The maximum atomic E-state index is 9.55. The van der Waals surface area contributed by atoms with Crippen LogP contribution < -0.4 is 10.1 Å². The minimum absolute atomic E-state index is 0.00524. The molecule has 1 aliphatic rings. The van der Waals surface area contributed by atoms with Crippen LogP contribution in [0.2, 0.25) is 0 Å². The molecule has 1 fully saturated rings. The summed E-state index contributed by atoms with van der Waals surface area (Å²) in [7, 11) is 0. The van der Waals surface area contributed by atoms with E-state index in [0.717, 1.165) is 19.4 Å². The van der Waals surface area contributed by atoms with Gasteiger partial charge in [0.15, 0.2) is 6.10 Å². The second-order valence-electron chi connectivity index (χ2n) is 6.17. The lowest BCUT2D eigenvalue weighted by Gasteiger charge is -2.30. The van der Waals surface area contributed by atoms with Gasteiger partial charge < -0.3 is 15.2 Å². The van der Waals surface area contributed by atoms with Crippen LogP contribution in [0.4, 0.5) is 0 Å². The van der Waals surface area contributed by atoms with E-state index >= 15 is 0 Å². The molecular formula is C17H24N2O2. The van der Waals surface area contributed by atoms with E-state index in [1.54, 1.807) is 6.92 Å². The number of hydrogen-bond acceptors (Lipinski definition) is 4. The topological polar surface area (TPSA) is 65.3 Å². The average Bonchev–Trinajstić information content (AvgIpc) is 2.88. The molecule has 0 spiro atoms. The van der Waals surface area contributed by atoms with Crippen LogP contribution in [0.1, 0.15) is 38.7 Å². The highest BCUT2D eigenvalue weighted by Gasteiger charge is 2.37. The molecule has 1 aromatic rings. The molecule has 3 atom stereocenters. The summed E-state index contributed by atoms with van der Waals surface area (Å²) in [5, 5.41) is 21.8. The van der Waals surface area contributed by atoms with Crippen molar-refractivity contribution in [1.82, 2.24) is 5.32 Å². The highest BCUT2D eigenvalue weighted by Crippen LogP contribution is 2.37. The van der Waals surface area contributed by atoms with Crippen molar-refractivity contribution in [2.45, 2.75) is 51.8 Å². The van der Waals surface area contributed by atoms with Crippen LogP contribution in [0.5, 0.6) is 5.75 Å². The molecule has 0 bridgehead atoms. The zero-order chi connectivity index (χ0) is 15.3. The Bertz CT molecular complexity index is 495. The lowest BCUT2D eigenvalue weighted by atomic mass is 9.86. The van der Waals surface area contributed by atoms with Crippen molar-refractivity contribution in [2.24, 2.45) is 5.41 Å². The molecule has 0 radical (unpaired) electrons. The Balaban J connectivity index is 1.88. The van der Waals surface area contributed by atoms with Gasteiger partial charge in [-0.25, -0.2) is 0 Å². The van der Waals surface area contributed by atoms with Gasteiger partial charge in [0.1, 0.15) is 11.8 Å². The molecule has 2 N–H and O–H groups in total. The van der Waals surface area contributed by atoms with Gasteiger partial charge in [0.2, 0.25) is 0 Å². The summed E-state index contributed by atoms with van der Waals surface area (Å²) in [5.41, 5.74) is 1.19. The number of nitrogens with zero attached hydrogens (tertiary/aromatic N) is 1. The average molecular weight is 288 g/mol. The minimum Gasteiger partial charge on any atom is -0.476 e. The van der Waals surface area contributed by atoms with Gasteiger partial charge >= 0.3 is 0 Å². The summed E-state index contributed by atoms with van der Waals surface area (Å²) in [6.07, 6.45) is 2.95. The first-order chi connectivity index (χ1) is 10.1. The molecule has 0 aliphatic heterocycles. The first-order valence-corrected chi connectivity index (χ1v) is 7.57.